The minimum Gasteiger partial charge on any atom is -0.494 e. The Hall–Kier alpha value is -2.21. The van der Waals surface area contributed by atoms with Gasteiger partial charge in [0, 0.05) is 12.1 Å². The van der Waals surface area contributed by atoms with Crippen LogP contribution in [0.3, 0.4) is 0 Å². The van der Waals surface area contributed by atoms with E-state index >= 15 is 0 Å². The van der Waals surface area contributed by atoms with Gasteiger partial charge in [-0.1, -0.05) is 6.07 Å². The Morgan fingerprint density at radius 3 is 2.96 bits per heavy atom. The van der Waals surface area contributed by atoms with Crippen LogP contribution in [0, 0.1) is 5.82 Å². The molecule has 24 heavy (non-hydrogen) atoms. The first-order valence-corrected chi connectivity index (χ1v) is 8.13. The Bertz CT molecular complexity index is 729. The van der Waals surface area contributed by atoms with Crippen LogP contribution in [-0.4, -0.2) is 41.8 Å². The van der Waals surface area contributed by atoms with E-state index < -0.39 is 0 Å². The second kappa shape index (κ2) is 7.13. The largest absolute Gasteiger partial charge is 0.494 e. The number of benzene rings is 1. The molecule has 2 aromatic rings. The van der Waals surface area contributed by atoms with Crippen molar-refractivity contribution in [1.82, 2.24) is 15.1 Å². The summed E-state index contributed by atoms with van der Waals surface area (Å²) >= 11 is 0. The maximum absolute atomic E-state index is 13.4. The molecule has 0 saturated carbocycles. The Morgan fingerprint density at radius 2 is 2.17 bits per heavy atom. The second-order valence-electron chi connectivity index (χ2n) is 6.18. The fourth-order valence-electron chi connectivity index (χ4n) is 3.05. The molecule has 3 rings (SSSR count). The first-order valence-electron chi connectivity index (χ1n) is 8.13. The highest BCUT2D eigenvalue weighted by molar-refractivity contribution is 5.66. The number of nitrogens with zero attached hydrogens (tertiary/aromatic N) is 3. The van der Waals surface area contributed by atoms with Gasteiger partial charge in [0.15, 0.2) is 11.6 Å². The average molecular weight is 331 g/mol. The number of aromatic nitrogens is 2. The Labute approximate surface area is 141 Å². The Balaban J connectivity index is 1.74. The molecule has 0 N–H and O–H groups in total. The van der Waals surface area contributed by atoms with E-state index in [1.54, 1.807) is 24.3 Å². The number of halogens is 1. The number of methoxy groups -OCH3 is 1. The number of ether oxygens (including phenoxy) is 1. The minimum absolute atomic E-state index is 0.211. The number of likely N-dealkylation sites (N-methyl/N-ethyl adjacent to an activating group) is 1. The van der Waals surface area contributed by atoms with Crippen LogP contribution in [0.2, 0.25) is 0 Å². The molecule has 1 fully saturated rings. The molecule has 1 aromatic heterocycles. The first kappa shape index (κ1) is 16.6. The fraction of sp³-hybridized carbons (Fsp3) is 0.444. The molecule has 1 aromatic carbocycles. The van der Waals surface area contributed by atoms with E-state index in [1.807, 2.05) is 0 Å². The quantitative estimate of drug-likeness (QED) is 0.857. The highest BCUT2D eigenvalue weighted by Crippen LogP contribution is 2.31. The van der Waals surface area contributed by atoms with Gasteiger partial charge in [0.1, 0.15) is 0 Å². The standard InChI is InChI=1S/C18H22FN3O2/c1-12-14(5-4-10-22(12)2)18-21-20-17(24-18)9-7-13-6-8-15(19)16(11-13)23-3/h6-9,11-12,14H,4-5,10H2,1-3H3/b9-7+/t12-,14-/m0/s1. The molecule has 1 aliphatic rings. The zero-order valence-electron chi connectivity index (χ0n) is 14.2. The molecule has 0 spiro atoms. The van der Waals surface area contributed by atoms with Gasteiger partial charge in [-0.15, -0.1) is 10.2 Å². The Kier molecular flexibility index (Phi) is 4.94. The highest BCUT2D eigenvalue weighted by atomic mass is 19.1. The number of hydrogen-bond acceptors (Lipinski definition) is 5. The van der Waals surface area contributed by atoms with Crippen molar-refractivity contribution in [3.63, 3.8) is 0 Å². The predicted octanol–water partition coefficient (Wildman–Crippen LogP) is 3.59. The Morgan fingerprint density at radius 1 is 1.33 bits per heavy atom. The van der Waals surface area contributed by atoms with E-state index in [9.17, 15) is 4.39 Å². The summed E-state index contributed by atoms with van der Waals surface area (Å²) in [6.45, 7) is 3.29. The average Bonchev–Trinajstić information content (AvgIpc) is 3.05. The molecule has 0 amide bonds. The zero-order chi connectivity index (χ0) is 17.1. The minimum atomic E-state index is -0.384. The van der Waals surface area contributed by atoms with E-state index in [4.69, 9.17) is 9.15 Å². The molecule has 6 heteroatoms. The summed E-state index contributed by atoms with van der Waals surface area (Å²) in [7, 11) is 3.56. The summed E-state index contributed by atoms with van der Waals surface area (Å²) in [5.74, 6) is 1.23. The number of likely N-dealkylation sites (tertiary alicyclic amines) is 1. The molecule has 5 nitrogen and oxygen atoms in total. The monoisotopic (exact) mass is 331 g/mol. The van der Waals surface area contributed by atoms with Crippen LogP contribution in [-0.2, 0) is 0 Å². The van der Waals surface area contributed by atoms with Crippen molar-refractivity contribution >= 4 is 12.2 Å². The van der Waals surface area contributed by atoms with Gasteiger partial charge < -0.3 is 14.1 Å². The van der Waals surface area contributed by atoms with Gasteiger partial charge in [-0.2, -0.15) is 0 Å². The van der Waals surface area contributed by atoms with E-state index in [0.717, 1.165) is 24.9 Å². The van der Waals surface area contributed by atoms with Crippen molar-refractivity contribution in [1.29, 1.82) is 0 Å². The van der Waals surface area contributed by atoms with Crippen LogP contribution in [0.25, 0.3) is 12.2 Å². The third-order valence-electron chi connectivity index (χ3n) is 4.67. The van der Waals surface area contributed by atoms with Gasteiger partial charge in [0.05, 0.1) is 13.0 Å². The van der Waals surface area contributed by atoms with Crippen LogP contribution in [0.1, 0.15) is 43.0 Å². The SMILES string of the molecule is COc1cc(/C=C/c2nnc([C@H]3CCCN(C)[C@H]3C)o2)ccc1F. The number of rotatable bonds is 4. The number of piperidine rings is 1. The normalized spacial score (nSPS) is 22.2. The van der Waals surface area contributed by atoms with Gasteiger partial charge in [-0.05, 0) is 57.1 Å². The molecule has 2 heterocycles. The van der Waals surface area contributed by atoms with E-state index in [2.05, 4.69) is 29.1 Å². The summed E-state index contributed by atoms with van der Waals surface area (Å²) in [5.41, 5.74) is 0.804. The maximum atomic E-state index is 13.4. The summed E-state index contributed by atoms with van der Waals surface area (Å²) in [6.07, 6.45) is 5.73. The molecule has 2 atom stereocenters. The topological polar surface area (TPSA) is 51.4 Å². The molecule has 0 aliphatic carbocycles. The van der Waals surface area contributed by atoms with Gasteiger partial charge in [-0.3, -0.25) is 0 Å². The van der Waals surface area contributed by atoms with Crippen LogP contribution < -0.4 is 4.74 Å². The fourth-order valence-corrected chi connectivity index (χ4v) is 3.05. The third-order valence-corrected chi connectivity index (χ3v) is 4.67. The second-order valence-corrected chi connectivity index (χ2v) is 6.18. The van der Waals surface area contributed by atoms with Gasteiger partial charge in [0.25, 0.3) is 0 Å². The third kappa shape index (κ3) is 3.48. The molecule has 0 bridgehead atoms. The van der Waals surface area contributed by atoms with Crippen LogP contribution in [0.4, 0.5) is 4.39 Å². The molecule has 1 aliphatic heterocycles. The summed E-state index contributed by atoms with van der Waals surface area (Å²) in [6, 6.07) is 5.06. The lowest BCUT2D eigenvalue weighted by atomic mass is 9.91. The van der Waals surface area contributed by atoms with Crippen molar-refractivity contribution < 1.29 is 13.5 Å². The van der Waals surface area contributed by atoms with E-state index in [-0.39, 0.29) is 17.5 Å². The lowest BCUT2D eigenvalue weighted by Crippen LogP contribution is -2.39. The molecular formula is C18H22FN3O2. The lowest BCUT2D eigenvalue weighted by Gasteiger charge is -2.34. The summed E-state index contributed by atoms with van der Waals surface area (Å²) < 4.78 is 24.2. The van der Waals surface area contributed by atoms with Crippen molar-refractivity contribution in [3.8, 4) is 5.75 Å². The number of hydrogen-bond donors (Lipinski definition) is 0. The molecule has 0 radical (unpaired) electrons. The van der Waals surface area contributed by atoms with Crippen LogP contribution in [0.15, 0.2) is 22.6 Å². The molecule has 1 saturated heterocycles. The zero-order valence-corrected chi connectivity index (χ0v) is 14.2. The molecule has 128 valence electrons. The van der Waals surface area contributed by atoms with E-state index in [1.165, 1.54) is 13.2 Å². The van der Waals surface area contributed by atoms with Crippen molar-refractivity contribution in [2.24, 2.45) is 0 Å². The van der Waals surface area contributed by atoms with Crippen LogP contribution >= 0.6 is 0 Å². The predicted molar refractivity (Wildman–Crippen MR) is 90.2 cm³/mol. The summed E-state index contributed by atoms with van der Waals surface area (Å²) in [5, 5.41) is 8.30. The molecule has 0 unspecified atom stereocenters. The maximum Gasteiger partial charge on any atom is 0.240 e. The van der Waals surface area contributed by atoms with Gasteiger partial charge >= 0.3 is 0 Å². The lowest BCUT2D eigenvalue weighted by molar-refractivity contribution is 0.158. The summed E-state index contributed by atoms with van der Waals surface area (Å²) in [4.78, 5) is 2.32. The molecular weight excluding hydrogens is 309 g/mol. The van der Waals surface area contributed by atoms with Crippen molar-refractivity contribution in [2.75, 3.05) is 20.7 Å². The smallest absolute Gasteiger partial charge is 0.240 e. The van der Waals surface area contributed by atoms with Gasteiger partial charge in [-0.25, -0.2) is 4.39 Å². The highest BCUT2D eigenvalue weighted by Gasteiger charge is 2.30. The van der Waals surface area contributed by atoms with Crippen molar-refractivity contribution in [2.45, 2.75) is 31.7 Å². The first-order chi connectivity index (χ1) is 11.6. The van der Waals surface area contributed by atoms with Crippen molar-refractivity contribution in [3.05, 3.63) is 41.4 Å². The van der Waals surface area contributed by atoms with E-state index in [0.29, 0.717) is 17.8 Å². The van der Waals surface area contributed by atoms with Crippen LogP contribution in [0.5, 0.6) is 5.75 Å². The van der Waals surface area contributed by atoms with Gasteiger partial charge in [0.2, 0.25) is 11.8 Å².